The standard InChI is InChI=1S/C19H21FN4O4/c1-27-14-6-3-12(4-7-14)17(25)24-18(26)23-13-5-8-16(15(20)11-13)28-19-21-9-2-10-22-19/h2,5,8-12,14H,3-4,6-7H2,1H3,(H2,23,24,25,26). The zero-order valence-corrected chi connectivity index (χ0v) is 15.4. The molecule has 0 saturated heterocycles. The van der Waals surface area contributed by atoms with E-state index in [1.54, 1.807) is 13.2 Å². The van der Waals surface area contributed by atoms with E-state index in [2.05, 4.69) is 20.6 Å². The number of halogens is 1. The van der Waals surface area contributed by atoms with E-state index in [0.29, 0.717) is 12.8 Å². The molecule has 8 nitrogen and oxygen atoms in total. The molecule has 0 aliphatic heterocycles. The van der Waals surface area contributed by atoms with Crippen LogP contribution in [0.5, 0.6) is 11.8 Å². The molecule has 2 N–H and O–H groups in total. The van der Waals surface area contributed by atoms with Gasteiger partial charge in [-0.05, 0) is 43.9 Å². The summed E-state index contributed by atoms with van der Waals surface area (Å²) >= 11 is 0. The van der Waals surface area contributed by atoms with Crippen molar-refractivity contribution in [1.29, 1.82) is 0 Å². The van der Waals surface area contributed by atoms with E-state index in [1.165, 1.54) is 24.5 Å². The van der Waals surface area contributed by atoms with E-state index in [1.807, 2.05) is 0 Å². The van der Waals surface area contributed by atoms with Gasteiger partial charge in [0.2, 0.25) is 5.91 Å². The number of ether oxygens (including phenoxy) is 2. The highest BCUT2D eigenvalue weighted by Crippen LogP contribution is 2.26. The van der Waals surface area contributed by atoms with Crippen LogP contribution < -0.4 is 15.4 Å². The molecule has 1 aliphatic rings. The Kier molecular flexibility index (Phi) is 6.49. The van der Waals surface area contributed by atoms with Gasteiger partial charge in [-0.25, -0.2) is 19.2 Å². The fourth-order valence-electron chi connectivity index (χ4n) is 3.03. The summed E-state index contributed by atoms with van der Waals surface area (Å²) in [4.78, 5) is 31.9. The van der Waals surface area contributed by atoms with Gasteiger partial charge in [0.15, 0.2) is 11.6 Å². The summed E-state index contributed by atoms with van der Waals surface area (Å²) in [7, 11) is 1.65. The Morgan fingerprint density at radius 2 is 1.86 bits per heavy atom. The lowest BCUT2D eigenvalue weighted by molar-refractivity contribution is -0.125. The minimum atomic E-state index is -0.710. The van der Waals surface area contributed by atoms with Gasteiger partial charge in [0, 0.05) is 37.2 Å². The topological polar surface area (TPSA) is 102 Å². The fraction of sp³-hybridized carbons (Fsp3) is 0.368. The molecule has 1 aromatic heterocycles. The molecule has 0 spiro atoms. The average Bonchev–Trinajstić information content (AvgIpc) is 2.71. The molecule has 0 unspecified atom stereocenters. The summed E-state index contributed by atoms with van der Waals surface area (Å²) in [5.41, 5.74) is 0.187. The van der Waals surface area contributed by atoms with Crippen molar-refractivity contribution in [3.05, 3.63) is 42.5 Å². The Hall–Kier alpha value is -3.07. The molecule has 1 fully saturated rings. The van der Waals surface area contributed by atoms with Gasteiger partial charge >= 0.3 is 12.0 Å². The number of methoxy groups -OCH3 is 1. The summed E-state index contributed by atoms with van der Waals surface area (Å²) in [5.74, 6) is -1.35. The van der Waals surface area contributed by atoms with Crippen molar-refractivity contribution < 1.29 is 23.5 Å². The van der Waals surface area contributed by atoms with E-state index in [0.717, 1.165) is 18.9 Å². The Morgan fingerprint density at radius 3 is 2.50 bits per heavy atom. The number of carbonyl (C=O) groups excluding carboxylic acids is 2. The van der Waals surface area contributed by atoms with Gasteiger partial charge in [-0.1, -0.05) is 0 Å². The summed E-state index contributed by atoms with van der Waals surface area (Å²) in [6.07, 6.45) is 6.02. The van der Waals surface area contributed by atoms with Gasteiger partial charge in [-0.3, -0.25) is 10.1 Å². The molecule has 1 heterocycles. The van der Waals surface area contributed by atoms with Crippen molar-refractivity contribution in [2.45, 2.75) is 31.8 Å². The van der Waals surface area contributed by atoms with Gasteiger partial charge in [0.05, 0.1) is 6.10 Å². The van der Waals surface area contributed by atoms with Crippen LogP contribution in [0.2, 0.25) is 0 Å². The van der Waals surface area contributed by atoms with Gasteiger partial charge in [0.1, 0.15) is 0 Å². The first-order valence-electron chi connectivity index (χ1n) is 8.94. The lowest BCUT2D eigenvalue weighted by Gasteiger charge is -2.26. The third-order valence-corrected chi connectivity index (χ3v) is 4.55. The molecule has 2 aromatic rings. The number of rotatable bonds is 5. The van der Waals surface area contributed by atoms with Crippen LogP contribution >= 0.6 is 0 Å². The minimum Gasteiger partial charge on any atom is -0.421 e. The normalized spacial score (nSPS) is 18.9. The average molecular weight is 388 g/mol. The molecule has 0 atom stereocenters. The molecule has 1 saturated carbocycles. The highest BCUT2D eigenvalue weighted by atomic mass is 19.1. The third-order valence-electron chi connectivity index (χ3n) is 4.55. The molecular weight excluding hydrogens is 367 g/mol. The number of imide groups is 1. The van der Waals surface area contributed by atoms with Crippen LogP contribution in [-0.2, 0) is 9.53 Å². The lowest BCUT2D eigenvalue weighted by Crippen LogP contribution is -2.40. The number of nitrogens with zero attached hydrogens (tertiary/aromatic N) is 2. The number of aromatic nitrogens is 2. The quantitative estimate of drug-likeness (QED) is 0.815. The molecule has 3 rings (SSSR count). The number of carbonyl (C=O) groups is 2. The maximum atomic E-state index is 14.2. The molecule has 1 aliphatic carbocycles. The van der Waals surface area contributed by atoms with Crippen LogP contribution in [-0.4, -0.2) is 35.1 Å². The number of benzene rings is 1. The SMILES string of the molecule is COC1CCC(C(=O)NC(=O)Nc2ccc(Oc3ncccn3)c(F)c2)CC1. The largest absolute Gasteiger partial charge is 0.421 e. The first-order valence-corrected chi connectivity index (χ1v) is 8.94. The lowest BCUT2D eigenvalue weighted by atomic mass is 9.87. The van der Waals surface area contributed by atoms with E-state index in [9.17, 15) is 14.0 Å². The first-order chi connectivity index (χ1) is 13.5. The number of hydrogen-bond donors (Lipinski definition) is 2. The van der Waals surface area contributed by atoms with Crippen molar-refractivity contribution in [1.82, 2.24) is 15.3 Å². The molecule has 3 amide bonds. The van der Waals surface area contributed by atoms with Crippen molar-refractivity contribution in [2.75, 3.05) is 12.4 Å². The molecule has 28 heavy (non-hydrogen) atoms. The number of hydrogen-bond acceptors (Lipinski definition) is 6. The maximum absolute atomic E-state index is 14.2. The van der Waals surface area contributed by atoms with Gasteiger partial charge in [-0.15, -0.1) is 0 Å². The second-order valence-corrected chi connectivity index (χ2v) is 6.43. The van der Waals surface area contributed by atoms with E-state index >= 15 is 0 Å². The van der Waals surface area contributed by atoms with Crippen LogP contribution in [0.3, 0.4) is 0 Å². The van der Waals surface area contributed by atoms with Gasteiger partial charge < -0.3 is 14.8 Å². The molecule has 9 heteroatoms. The van der Waals surface area contributed by atoms with E-state index < -0.39 is 11.8 Å². The Labute approximate surface area is 161 Å². The van der Waals surface area contributed by atoms with Crippen LogP contribution in [0.25, 0.3) is 0 Å². The summed E-state index contributed by atoms with van der Waals surface area (Å²) in [6.45, 7) is 0. The maximum Gasteiger partial charge on any atom is 0.325 e. The van der Waals surface area contributed by atoms with Crippen LogP contribution in [0.1, 0.15) is 25.7 Å². The van der Waals surface area contributed by atoms with E-state index in [4.69, 9.17) is 9.47 Å². The Balaban J connectivity index is 1.52. The monoisotopic (exact) mass is 388 g/mol. The number of amides is 3. The second kappa shape index (κ2) is 9.23. The fourth-order valence-corrected chi connectivity index (χ4v) is 3.03. The predicted octanol–water partition coefficient (Wildman–Crippen LogP) is 3.26. The van der Waals surface area contributed by atoms with Crippen LogP contribution in [0, 0.1) is 11.7 Å². The highest BCUT2D eigenvalue weighted by Gasteiger charge is 2.27. The first kappa shape index (κ1) is 19.7. The van der Waals surface area contributed by atoms with Gasteiger partial charge in [-0.2, -0.15) is 0 Å². The van der Waals surface area contributed by atoms with Crippen molar-refractivity contribution in [3.63, 3.8) is 0 Å². The molecule has 0 radical (unpaired) electrons. The zero-order valence-electron chi connectivity index (χ0n) is 15.4. The third kappa shape index (κ3) is 5.23. The summed E-state index contributed by atoms with van der Waals surface area (Å²) < 4.78 is 24.7. The molecule has 1 aromatic carbocycles. The Bertz CT molecular complexity index is 826. The predicted molar refractivity (Wildman–Crippen MR) is 98.4 cm³/mol. The van der Waals surface area contributed by atoms with Crippen LogP contribution in [0.15, 0.2) is 36.7 Å². The molecule has 0 bridgehead atoms. The number of nitrogens with one attached hydrogen (secondary N) is 2. The smallest absolute Gasteiger partial charge is 0.325 e. The van der Waals surface area contributed by atoms with Crippen molar-refractivity contribution >= 4 is 17.6 Å². The van der Waals surface area contributed by atoms with Gasteiger partial charge in [0.25, 0.3) is 0 Å². The van der Waals surface area contributed by atoms with Crippen molar-refractivity contribution in [3.8, 4) is 11.8 Å². The summed E-state index contributed by atoms with van der Waals surface area (Å²) in [5, 5.41) is 4.74. The second-order valence-electron chi connectivity index (χ2n) is 6.43. The zero-order chi connectivity index (χ0) is 19.9. The minimum absolute atomic E-state index is 0.00800. The number of urea groups is 1. The van der Waals surface area contributed by atoms with Crippen LogP contribution in [0.4, 0.5) is 14.9 Å². The van der Waals surface area contributed by atoms with E-state index in [-0.39, 0.29) is 35.4 Å². The Morgan fingerprint density at radius 1 is 1.14 bits per heavy atom. The molecular formula is C19H21FN4O4. The molecule has 148 valence electrons. The summed E-state index contributed by atoms with van der Waals surface area (Å²) in [6, 6.07) is 4.79. The number of anilines is 1. The highest BCUT2D eigenvalue weighted by molar-refractivity contribution is 6.01. The van der Waals surface area contributed by atoms with Crippen molar-refractivity contribution in [2.24, 2.45) is 5.92 Å².